The zero-order chi connectivity index (χ0) is 15.7. The first-order chi connectivity index (χ1) is 9.72. The lowest BCUT2D eigenvalue weighted by atomic mass is 9.79. The summed E-state index contributed by atoms with van der Waals surface area (Å²) in [6, 6.07) is 0. The lowest BCUT2D eigenvalue weighted by Crippen LogP contribution is -2.59. The predicted octanol–water partition coefficient (Wildman–Crippen LogP) is 2.56. The van der Waals surface area contributed by atoms with Crippen molar-refractivity contribution in [3.05, 3.63) is 0 Å². The van der Waals surface area contributed by atoms with Gasteiger partial charge in [0, 0.05) is 19.0 Å². The van der Waals surface area contributed by atoms with Crippen LogP contribution in [0.25, 0.3) is 0 Å². The van der Waals surface area contributed by atoms with Crippen molar-refractivity contribution >= 4 is 5.91 Å². The van der Waals surface area contributed by atoms with Crippen molar-refractivity contribution in [2.24, 2.45) is 17.6 Å². The average molecular weight is 296 g/mol. The zero-order valence-electron chi connectivity index (χ0n) is 14.2. The summed E-state index contributed by atoms with van der Waals surface area (Å²) in [4.78, 5) is 15.0. The molecule has 2 N–H and O–H groups in total. The number of amides is 1. The summed E-state index contributed by atoms with van der Waals surface area (Å²) in [6.45, 7) is 10.4. The van der Waals surface area contributed by atoms with Crippen molar-refractivity contribution in [1.29, 1.82) is 0 Å². The van der Waals surface area contributed by atoms with Crippen molar-refractivity contribution in [2.75, 3.05) is 19.6 Å². The Kier molecular flexibility index (Phi) is 4.99. The van der Waals surface area contributed by atoms with E-state index < -0.39 is 0 Å². The van der Waals surface area contributed by atoms with Gasteiger partial charge in [0.15, 0.2) is 0 Å². The first-order valence-corrected chi connectivity index (χ1v) is 8.41. The van der Waals surface area contributed by atoms with Gasteiger partial charge in [0.05, 0.1) is 11.2 Å². The molecule has 4 heteroatoms. The summed E-state index contributed by atoms with van der Waals surface area (Å²) in [5.41, 5.74) is 5.16. The second-order valence-corrected chi connectivity index (χ2v) is 8.12. The van der Waals surface area contributed by atoms with Crippen LogP contribution in [0.15, 0.2) is 0 Å². The number of ether oxygens (including phenoxy) is 1. The van der Waals surface area contributed by atoms with Crippen LogP contribution >= 0.6 is 0 Å². The highest BCUT2D eigenvalue weighted by molar-refractivity contribution is 5.79. The second kappa shape index (κ2) is 6.25. The number of hydrogen-bond donors (Lipinski definition) is 1. The molecule has 122 valence electrons. The number of rotatable bonds is 3. The highest BCUT2D eigenvalue weighted by atomic mass is 16.5. The molecule has 1 aliphatic carbocycles. The Labute approximate surface area is 129 Å². The smallest absolute Gasteiger partial charge is 0.225 e. The third kappa shape index (κ3) is 4.43. The summed E-state index contributed by atoms with van der Waals surface area (Å²) in [5, 5.41) is 0. The van der Waals surface area contributed by atoms with Gasteiger partial charge in [-0.25, -0.2) is 0 Å². The van der Waals surface area contributed by atoms with Gasteiger partial charge >= 0.3 is 0 Å². The maximum Gasteiger partial charge on any atom is 0.225 e. The second-order valence-electron chi connectivity index (χ2n) is 8.12. The predicted molar refractivity (Wildman–Crippen MR) is 84.9 cm³/mol. The maximum absolute atomic E-state index is 12.9. The molecule has 2 aliphatic rings. The van der Waals surface area contributed by atoms with Gasteiger partial charge in [0.2, 0.25) is 5.91 Å². The van der Waals surface area contributed by atoms with Crippen LogP contribution in [0.5, 0.6) is 0 Å². The van der Waals surface area contributed by atoms with E-state index in [0.717, 1.165) is 32.2 Å². The Balaban J connectivity index is 2.01. The van der Waals surface area contributed by atoms with E-state index in [-0.39, 0.29) is 17.1 Å². The molecule has 1 aliphatic heterocycles. The molecule has 1 heterocycles. The highest BCUT2D eigenvalue weighted by Gasteiger charge is 2.42. The minimum atomic E-state index is -0.261. The normalized spacial score (nSPS) is 32.0. The van der Waals surface area contributed by atoms with Gasteiger partial charge in [-0.1, -0.05) is 12.8 Å². The van der Waals surface area contributed by atoms with Crippen LogP contribution in [-0.4, -0.2) is 41.6 Å². The summed E-state index contributed by atoms with van der Waals surface area (Å²) >= 11 is 0. The molecule has 1 amide bonds. The first-order valence-electron chi connectivity index (χ1n) is 8.41. The van der Waals surface area contributed by atoms with Gasteiger partial charge in [-0.15, -0.1) is 0 Å². The lowest BCUT2D eigenvalue weighted by Gasteiger charge is -2.48. The monoisotopic (exact) mass is 296 g/mol. The van der Waals surface area contributed by atoms with Gasteiger partial charge in [-0.05, 0) is 59.4 Å². The molecule has 2 fully saturated rings. The summed E-state index contributed by atoms with van der Waals surface area (Å²) in [5.74, 6) is 1.17. The Morgan fingerprint density at radius 3 is 2.38 bits per heavy atom. The van der Waals surface area contributed by atoms with Crippen molar-refractivity contribution in [3.63, 3.8) is 0 Å². The molecule has 2 atom stereocenters. The Morgan fingerprint density at radius 1 is 1.19 bits per heavy atom. The highest BCUT2D eigenvalue weighted by Crippen LogP contribution is 2.34. The topological polar surface area (TPSA) is 55.6 Å². The Bertz CT molecular complexity index is 361. The molecular weight excluding hydrogens is 264 g/mol. The minimum absolute atomic E-state index is 0.194. The summed E-state index contributed by atoms with van der Waals surface area (Å²) < 4.78 is 6.08. The van der Waals surface area contributed by atoms with Gasteiger partial charge in [-0.3, -0.25) is 4.79 Å². The van der Waals surface area contributed by atoms with E-state index >= 15 is 0 Å². The van der Waals surface area contributed by atoms with Crippen LogP contribution in [0.2, 0.25) is 0 Å². The third-order valence-corrected chi connectivity index (χ3v) is 4.71. The molecule has 0 aromatic carbocycles. The molecule has 21 heavy (non-hydrogen) atoms. The molecule has 0 radical (unpaired) electrons. The van der Waals surface area contributed by atoms with Gasteiger partial charge in [-0.2, -0.15) is 0 Å². The standard InChI is InChI=1S/C17H32N2O2/c1-16(2)11-19(12-17(3,4)21-16)15(20)14-7-5-6-13(10-14)8-9-18/h13-14H,5-12,18H2,1-4H3. The third-order valence-electron chi connectivity index (χ3n) is 4.71. The number of morpholine rings is 1. The Morgan fingerprint density at radius 2 is 1.81 bits per heavy atom. The molecule has 0 aromatic rings. The van der Waals surface area contributed by atoms with E-state index in [1.807, 2.05) is 4.90 Å². The Hall–Kier alpha value is -0.610. The van der Waals surface area contributed by atoms with Crippen LogP contribution in [-0.2, 0) is 9.53 Å². The van der Waals surface area contributed by atoms with E-state index in [1.54, 1.807) is 0 Å². The fraction of sp³-hybridized carbons (Fsp3) is 0.941. The molecule has 0 aromatic heterocycles. The van der Waals surface area contributed by atoms with E-state index in [4.69, 9.17) is 10.5 Å². The molecule has 4 nitrogen and oxygen atoms in total. The molecule has 1 saturated carbocycles. The maximum atomic E-state index is 12.9. The average Bonchev–Trinajstić information content (AvgIpc) is 2.35. The number of carbonyl (C=O) groups excluding carboxylic acids is 1. The fourth-order valence-corrected chi connectivity index (χ4v) is 4.21. The van der Waals surface area contributed by atoms with Crippen LogP contribution < -0.4 is 5.73 Å². The number of carbonyl (C=O) groups is 1. The molecule has 2 rings (SSSR count). The van der Waals surface area contributed by atoms with Crippen LogP contribution in [0.1, 0.15) is 59.8 Å². The number of hydrogen-bond acceptors (Lipinski definition) is 3. The van der Waals surface area contributed by atoms with Crippen LogP contribution in [0.4, 0.5) is 0 Å². The zero-order valence-corrected chi connectivity index (χ0v) is 14.2. The number of nitrogens with zero attached hydrogens (tertiary/aromatic N) is 1. The lowest BCUT2D eigenvalue weighted by molar-refractivity contribution is -0.190. The van der Waals surface area contributed by atoms with Gasteiger partial charge in [0.1, 0.15) is 0 Å². The van der Waals surface area contributed by atoms with Crippen molar-refractivity contribution < 1.29 is 9.53 Å². The molecule has 0 spiro atoms. The minimum Gasteiger partial charge on any atom is -0.366 e. The van der Waals surface area contributed by atoms with E-state index in [9.17, 15) is 4.79 Å². The van der Waals surface area contributed by atoms with Gasteiger partial charge in [0.25, 0.3) is 0 Å². The van der Waals surface area contributed by atoms with Crippen molar-refractivity contribution in [1.82, 2.24) is 4.90 Å². The van der Waals surface area contributed by atoms with Crippen molar-refractivity contribution in [3.8, 4) is 0 Å². The van der Waals surface area contributed by atoms with E-state index in [0.29, 0.717) is 24.9 Å². The quantitative estimate of drug-likeness (QED) is 0.871. The molecule has 1 saturated heterocycles. The first kappa shape index (κ1) is 16.8. The summed E-state index contributed by atoms with van der Waals surface area (Å²) in [6.07, 6.45) is 5.52. The van der Waals surface area contributed by atoms with Crippen LogP contribution in [0.3, 0.4) is 0 Å². The largest absolute Gasteiger partial charge is 0.366 e. The summed E-state index contributed by atoms with van der Waals surface area (Å²) in [7, 11) is 0. The van der Waals surface area contributed by atoms with Gasteiger partial charge < -0.3 is 15.4 Å². The van der Waals surface area contributed by atoms with Crippen LogP contribution in [0, 0.1) is 11.8 Å². The van der Waals surface area contributed by atoms with E-state index in [2.05, 4.69) is 27.7 Å². The molecule has 0 bridgehead atoms. The SMILES string of the molecule is CC1(C)CN(C(=O)C2CCCC(CCN)C2)CC(C)(C)O1. The fourth-order valence-electron chi connectivity index (χ4n) is 4.21. The van der Waals surface area contributed by atoms with E-state index in [1.165, 1.54) is 6.42 Å². The molecular formula is C17H32N2O2. The molecule has 2 unspecified atom stereocenters. The number of nitrogens with two attached hydrogens (primary N) is 1. The van der Waals surface area contributed by atoms with Crippen molar-refractivity contribution in [2.45, 2.75) is 71.0 Å².